The molecule has 2 aliphatic carbocycles. The number of aliphatic hydroxyl groups is 1. The quantitative estimate of drug-likeness (QED) is 0.134. The van der Waals surface area contributed by atoms with E-state index in [1.54, 1.807) is 11.1 Å². The number of nitrogens with zero attached hydrogens (tertiary/aromatic N) is 1. The van der Waals surface area contributed by atoms with Crippen molar-refractivity contribution in [3.63, 3.8) is 0 Å². The van der Waals surface area contributed by atoms with Crippen LogP contribution in [0.2, 0.25) is 0 Å². The second-order valence-electron chi connectivity index (χ2n) is 13.4. The van der Waals surface area contributed by atoms with Crippen molar-refractivity contribution in [3.05, 3.63) is 77.7 Å². The maximum Gasteiger partial charge on any atom is 0.162 e. The van der Waals surface area contributed by atoms with Gasteiger partial charge in [0.25, 0.3) is 0 Å². The van der Waals surface area contributed by atoms with E-state index in [0.717, 1.165) is 48.8 Å². The monoisotopic (exact) mass is 759 g/mol. The first-order valence-corrected chi connectivity index (χ1v) is 16.5. The number of carbonyl (C=O) groups is 1. The minimum Gasteiger partial charge on any atom is -0.512 e. The Labute approximate surface area is 274 Å². The number of fused-ring (bicyclic) bond motifs is 3. The van der Waals surface area contributed by atoms with Crippen LogP contribution in [0.1, 0.15) is 104 Å². The van der Waals surface area contributed by atoms with E-state index in [-0.39, 0.29) is 43.5 Å². The Morgan fingerprint density at radius 1 is 0.977 bits per heavy atom. The average molecular weight is 759 g/mol. The fourth-order valence-corrected chi connectivity index (χ4v) is 7.08. The zero-order valence-corrected chi connectivity index (χ0v) is 29.6. The summed E-state index contributed by atoms with van der Waals surface area (Å²) in [4.78, 5) is 16.4. The van der Waals surface area contributed by atoms with Gasteiger partial charge in [0.05, 0.1) is 5.76 Å². The van der Waals surface area contributed by atoms with Crippen molar-refractivity contribution < 1.29 is 30.0 Å². The molecule has 2 aliphatic rings. The first-order valence-electron chi connectivity index (χ1n) is 16.5. The second kappa shape index (κ2) is 16.1. The normalized spacial score (nSPS) is 18.2. The van der Waals surface area contributed by atoms with Crippen LogP contribution in [-0.2, 0) is 37.7 Å². The van der Waals surface area contributed by atoms with E-state index in [2.05, 4.69) is 50.2 Å². The average Bonchev–Trinajstić information content (AvgIpc) is 3.44. The van der Waals surface area contributed by atoms with Gasteiger partial charge >= 0.3 is 0 Å². The predicted octanol–water partition coefficient (Wildman–Crippen LogP) is 10.5. The summed E-state index contributed by atoms with van der Waals surface area (Å²) in [6.45, 7) is 13.0. The fraction of sp³-hybridized carbons (Fsp3) is 0.538. The van der Waals surface area contributed by atoms with Crippen molar-refractivity contribution in [1.29, 1.82) is 0 Å². The van der Waals surface area contributed by atoms with Crippen molar-refractivity contribution >= 4 is 16.6 Å². The number of pyridine rings is 1. The summed E-state index contributed by atoms with van der Waals surface area (Å²) in [5.41, 5.74) is 5.84. The van der Waals surface area contributed by atoms with Crippen molar-refractivity contribution in [2.75, 3.05) is 0 Å². The number of rotatable bonds is 9. The Bertz CT molecular complexity index is 1340. The van der Waals surface area contributed by atoms with Gasteiger partial charge in [-0.2, -0.15) is 0 Å². The van der Waals surface area contributed by atoms with E-state index in [1.165, 1.54) is 55.4 Å². The molecular weight excluding hydrogens is 707 g/mol. The SMILES string of the molecule is CC1(C)CCC(C2Cc3ccc4cnc(-c5[c-]cccc5)cc4c3C2)CC1.CCC(CC)C(=O)/C=C(\O)C(CC)CC.[Ir]. The topological polar surface area (TPSA) is 50.2 Å². The molecule has 0 bridgehead atoms. The van der Waals surface area contributed by atoms with Crippen LogP contribution in [-0.4, -0.2) is 15.9 Å². The molecule has 2 aromatic carbocycles. The smallest absolute Gasteiger partial charge is 0.162 e. The molecule has 235 valence electrons. The van der Waals surface area contributed by atoms with Gasteiger partial charge in [-0.05, 0) is 109 Å². The van der Waals surface area contributed by atoms with Crippen LogP contribution in [0.3, 0.4) is 0 Å². The molecular formula is C39H52IrNO2-. The number of benzene rings is 2. The van der Waals surface area contributed by atoms with Gasteiger partial charge in [-0.15, -0.1) is 35.9 Å². The van der Waals surface area contributed by atoms with Crippen LogP contribution in [0, 0.1) is 35.2 Å². The van der Waals surface area contributed by atoms with Crippen LogP contribution in [0.4, 0.5) is 0 Å². The summed E-state index contributed by atoms with van der Waals surface area (Å²) in [6, 6.07) is 18.4. The molecule has 1 atom stereocenters. The maximum absolute atomic E-state index is 11.7. The largest absolute Gasteiger partial charge is 0.512 e. The van der Waals surface area contributed by atoms with Gasteiger partial charge in [-0.25, -0.2) is 0 Å². The van der Waals surface area contributed by atoms with E-state index in [4.69, 9.17) is 4.98 Å². The zero-order chi connectivity index (χ0) is 30.3. The van der Waals surface area contributed by atoms with Gasteiger partial charge in [0.2, 0.25) is 0 Å². The summed E-state index contributed by atoms with van der Waals surface area (Å²) in [5.74, 6) is 2.29. The van der Waals surface area contributed by atoms with Gasteiger partial charge < -0.3 is 10.1 Å². The molecule has 4 heteroatoms. The Morgan fingerprint density at radius 3 is 2.26 bits per heavy atom. The van der Waals surface area contributed by atoms with Gasteiger partial charge in [0, 0.05) is 44.2 Å². The predicted molar refractivity (Wildman–Crippen MR) is 177 cm³/mol. The number of hydrogen-bond donors (Lipinski definition) is 1. The van der Waals surface area contributed by atoms with Crippen molar-refractivity contribution in [2.24, 2.45) is 29.1 Å². The van der Waals surface area contributed by atoms with Crippen molar-refractivity contribution in [2.45, 2.75) is 106 Å². The molecule has 5 rings (SSSR count). The van der Waals surface area contributed by atoms with E-state index >= 15 is 0 Å². The van der Waals surface area contributed by atoms with Crippen molar-refractivity contribution in [1.82, 2.24) is 4.98 Å². The van der Waals surface area contributed by atoms with Gasteiger partial charge in [-0.1, -0.05) is 59.7 Å². The Hall–Kier alpha value is -2.29. The third kappa shape index (κ3) is 8.89. The number of hydrogen-bond acceptors (Lipinski definition) is 3. The molecule has 3 aromatic rings. The van der Waals surface area contributed by atoms with E-state index in [9.17, 15) is 9.90 Å². The molecule has 1 unspecified atom stereocenters. The van der Waals surface area contributed by atoms with Crippen LogP contribution in [0.15, 0.2) is 60.5 Å². The summed E-state index contributed by atoms with van der Waals surface area (Å²) in [5, 5.41) is 12.4. The van der Waals surface area contributed by atoms with Crippen LogP contribution in [0.25, 0.3) is 22.0 Å². The Balaban J connectivity index is 0.000000274. The molecule has 0 amide bonds. The van der Waals surface area contributed by atoms with E-state index < -0.39 is 0 Å². The number of allylic oxidation sites excluding steroid dienone is 2. The zero-order valence-electron chi connectivity index (χ0n) is 27.2. The first-order chi connectivity index (χ1) is 20.2. The molecule has 1 saturated carbocycles. The molecule has 1 fully saturated rings. The van der Waals surface area contributed by atoms with Gasteiger partial charge in [-0.3, -0.25) is 4.79 Å². The summed E-state index contributed by atoms with van der Waals surface area (Å²) in [7, 11) is 0. The molecule has 0 saturated heterocycles. The summed E-state index contributed by atoms with van der Waals surface area (Å²) < 4.78 is 0. The molecule has 0 aliphatic heterocycles. The summed E-state index contributed by atoms with van der Waals surface area (Å²) in [6.07, 6.45) is 15.1. The molecule has 3 nitrogen and oxygen atoms in total. The standard InChI is InChI=1S/C26H28N.C13H24O2.Ir/c1-26(2)12-10-18(11-13-26)22-14-20-8-9-21-17-27-25(16-24(21)23(20)15-22)19-6-4-3-5-7-19;1-5-10(6-2)12(14)9-13(15)11(7-3)8-4;/h3-6,8-9,16-18,22H,10-15H2,1-2H3;9-11,14H,5-8H2,1-4H3;/q-1;;/b;12-9-;. The Kier molecular flexibility index (Phi) is 13.2. The van der Waals surface area contributed by atoms with E-state index in [1.807, 2.05) is 46.0 Å². The number of aromatic nitrogens is 1. The molecule has 1 radical (unpaired) electrons. The third-order valence-electron chi connectivity index (χ3n) is 10.2. The molecule has 1 heterocycles. The maximum atomic E-state index is 11.7. The van der Waals surface area contributed by atoms with Gasteiger partial charge in [0.15, 0.2) is 5.78 Å². The van der Waals surface area contributed by atoms with Gasteiger partial charge in [0.1, 0.15) is 0 Å². The van der Waals surface area contributed by atoms with Crippen LogP contribution < -0.4 is 0 Å². The summed E-state index contributed by atoms with van der Waals surface area (Å²) >= 11 is 0. The van der Waals surface area contributed by atoms with Crippen molar-refractivity contribution in [3.8, 4) is 11.3 Å². The minimum atomic E-state index is 0. The number of carbonyl (C=O) groups excluding carboxylic acids is 1. The number of ketones is 1. The molecule has 1 N–H and O–H groups in total. The van der Waals surface area contributed by atoms with Crippen LogP contribution >= 0.6 is 0 Å². The number of aliphatic hydroxyl groups excluding tert-OH is 1. The second-order valence-corrected chi connectivity index (χ2v) is 13.4. The van der Waals surface area contributed by atoms with Crippen LogP contribution in [0.5, 0.6) is 0 Å². The first kappa shape index (κ1) is 35.2. The Morgan fingerprint density at radius 2 is 1.65 bits per heavy atom. The fourth-order valence-electron chi connectivity index (χ4n) is 7.08. The molecule has 0 spiro atoms. The van der Waals surface area contributed by atoms with E-state index in [0.29, 0.717) is 5.41 Å². The molecule has 43 heavy (non-hydrogen) atoms. The minimum absolute atomic E-state index is 0. The third-order valence-corrected chi connectivity index (χ3v) is 10.2. The molecule has 1 aromatic heterocycles.